The average molecular weight is 155 g/mol. The summed E-state index contributed by atoms with van der Waals surface area (Å²) in [7, 11) is 1.17. The first-order valence-corrected chi connectivity index (χ1v) is 2.89. The third-order valence-corrected chi connectivity index (χ3v) is 1.36. The van der Waals surface area contributed by atoms with Crippen LogP contribution in [0.4, 0.5) is 4.39 Å². The van der Waals surface area contributed by atoms with Crippen LogP contribution in [0, 0.1) is 0 Å². The van der Waals surface area contributed by atoms with Crippen molar-refractivity contribution in [2.75, 3.05) is 7.11 Å². The zero-order chi connectivity index (χ0) is 7.44. The molecule has 0 aromatic heterocycles. The van der Waals surface area contributed by atoms with Crippen LogP contribution in [0.3, 0.4) is 0 Å². The average Bonchev–Trinajstić information content (AvgIpc) is 1.84. The van der Waals surface area contributed by atoms with Crippen LogP contribution in [-0.4, -0.2) is 24.6 Å². The molecular formula is C5H8ClFO2. The molecule has 0 bridgehead atoms. The summed E-state index contributed by atoms with van der Waals surface area (Å²) in [5.74, 6) is -0.730. The molecule has 2 nitrogen and oxygen atoms in total. The minimum absolute atomic E-state index is 0.730. The second kappa shape index (κ2) is 3.67. The monoisotopic (exact) mass is 154 g/mol. The Morgan fingerprint density at radius 3 is 2.33 bits per heavy atom. The van der Waals surface area contributed by atoms with E-state index in [2.05, 4.69) is 4.74 Å². The molecule has 0 rings (SSSR count). The first kappa shape index (κ1) is 8.69. The lowest BCUT2D eigenvalue weighted by Crippen LogP contribution is -2.24. The quantitative estimate of drug-likeness (QED) is 0.440. The molecule has 0 aliphatic carbocycles. The van der Waals surface area contributed by atoms with E-state index in [-0.39, 0.29) is 0 Å². The van der Waals surface area contributed by atoms with E-state index in [9.17, 15) is 9.18 Å². The molecule has 0 aromatic carbocycles. The van der Waals surface area contributed by atoms with Gasteiger partial charge in [-0.2, -0.15) is 0 Å². The molecular weight excluding hydrogens is 147 g/mol. The zero-order valence-corrected chi connectivity index (χ0v) is 5.98. The standard InChI is InChI=1S/C5H8ClFO2/c1-3(7)4(6)5(8)9-2/h3-4H,1-2H3/t3-,4-/m1/s1. The Hall–Kier alpha value is -0.310. The van der Waals surface area contributed by atoms with Gasteiger partial charge in [-0.3, -0.25) is 4.79 Å². The second-order valence-electron chi connectivity index (χ2n) is 1.60. The fraction of sp³-hybridized carbons (Fsp3) is 0.800. The maximum atomic E-state index is 12.1. The van der Waals surface area contributed by atoms with Crippen molar-refractivity contribution in [1.29, 1.82) is 0 Å². The summed E-state index contributed by atoms with van der Waals surface area (Å²) in [5.41, 5.74) is 0. The van der Waals surface area contributed by atoms with Gasteiger partial charge in [-0.05, 0) is 6.92 Å². The van der Waals surface area contributed by atoms with Gasteiger partial charge in [0.1, 0.15) is 6.17 Å². The highest BCUT2D eigenvalue weighted by molar-refractivity contribution is 6.30. The van der Waals surface area contributed by atoms with E-state index >= 15 is 0 Å². The highest BCUT2D eigenvalue weighted by Gasteiger charge is 2.22. The molecule has 0 amide bonds. The Labute approximate surface area is 57.9 Å². The minimum atomic E-state index is -1.36. The maximum absolute atomic E-state index is 12.1. The molecule has 0 N–H and O–H groups in total. The summed E-state index contributed by atoms with van der Waals surface area (Å²) < 4.78 is 16.3. The zero-order valence-electron chi connectivity index (χ0n) is 5.23. The molecule has 0 aliphatic rings. The van der Waals surface area contributed by atoms with Crippen molar-refractivity contribution in [2.45, 2.75) is 18.5 Å². The molecule has 9 heavy (non-hydrogen) atoms. The summed E-state index contributed by atoms with van der Waals surface area (Å²) in [4.78, 5) is 10.4. The Morgan fingerprint density at radius 2 is 2.22 bits per heavy atom. The number of alkyl halides is 2. The fourth-order valence-corrected chi connectivity index (χ4v) is 0.389. The summed E-state index contributed by atoms with van der Waals surface area (Å²) >= 11 is 5.22. The summed E-state index contributed by atoms with van der Waals surface area (Å²) in [6.45, 7) is 1.20. The number of halogens is 2. The molecule has 54 valence electrons. The number of hydrogen-bond acceptors (Lipinski definition) is 2. The smallest absolute Gasteiger partial charge is 0.326 e. The second-order valence-corrected chi connectivity index (χ2v) is 2.07. The molecule has 0 unspecified atom stereocenters. The number of hydrogen-bond donors (Lipinski definition) is 0. The topological polar surface area (TPSA) is 26.3 Å². The van der Waals surface area contributed by atoms with Crippen molar-refractivity contribution in [3.63, 3.8) is 0 Å². The predicted octanol–water partition coefficient (Wildman–Crippen LogP) is 1.12. The third kappa shape index (κ3) is 2.65. The Bertz CT molecular complexity index is 105. The van der Waals surface area contributed by atoms with Crippen molar-refractivity contribution >= 4 is 17.6 Å². The molecule has 0 heterocycles. The first-order valence-electron chi connectivity index (χ1n) is 2.45. The van der Waals surface area contributed by atoms with E-state index in [4.69, 9.17) is 11.6 Å². The van der Waals surface area contributed by atoms with Crippen LogP contribution >= 0.6 is 11.6 Å². The Kier molecular flexibility index (Phi) is 3.54. The minimum Gasteiger partial charge on any atom is -0.468 e. The Balaban J connectivity index is 3.72. The number of carbonyl (C=O) groups is 1. The molecule has 0 saturated heterocycles. The van der Waals surface area contributed by atoms with E-state index < -0.39 is 17.5 Å². The molecule has 0 aromatic rings. The van der Waals surface area contributed by atoms with Crippen LogP contribution in [0.25, 0.3) is 0 Å². The van der Waals surface area contributed by atoms with Crippen LogP contribution in [-0.2, 0) is 9.53 Å². The molecule has 0 aliphatic heterocycles. The van der Waals surface area contributed by atoms with Crippen molar-refractivity contribution in [1.82, 2.24) is 0 Å². The largest absolute Gasteiger partial charge is 0.468 e. The van der Waals surface area contributed by atoms with E-state index in [1.807, 2.05) is 0 Å². The van der Waals surface area contributed by atoms with Crippen LogP contribution < -0.4 is 0 Å². The molecule has 4 heteroatoms. The Morgan fingerprint density at radius 1 is 1.78 bits per heavy atom. The van der Waals surface area contributed by atoms with E-state index in [0.717, 1.165) is 0 Å². The van der Waals surface area contributed by atoms with Crippen LogP contribution in [0.5, 0.6) is 0 Å². The van der Waals surface area contributed by atoms with Crippen molar-refractivity contribution in [3.8, 4) is 0 Å². The predicted molar refractivity (Wildman–Crippen MR) is 32.2 cm³/mol. The van der Waals surface area contributed by atoms with E-state index in [1.165, 1.54) is 14.0 Å². The first-order chi connectivity index (χ1) is 4.09. The van der Waals surface area contributed by atoms with E-state index in [0.29, 0.717) is 0 Å². The van der Waals surface area contributed by atoms with Crippen molar-refractivity contribution in [2.24, 2.45) is 0 Å². The number of ether oxygens (including phenoxy) is 1. The van der Waals surface area contributed by atoms with Crippen LogP contribution in [0.1, 0.15) is 6.92 Å². The van der Waals surface area contributed by atoms with Gasteiger partial charge >= 0.3 is 5.97 Å². The lowest BCUT2D eigenvalue weighted by Gasteiger charge is -2.06. The number of esters is 1. The summed E-state index contributed by atoms with van der Waals surface area (Å²) in [6.07, 6.45) is -1.36. The summed E-state index contributed by atoms with van der Waals surface area (Å²) in [5, 5.41) is -1.17. The lowest BCUT2D eigenvalue weighted by molar-refractivity contribution is -0.141. The molecule has 2 atom stereocenters. The normalized spacial score (nSPS) is 16.4. The van der Waals surface area contributed by atoms with Gasteiger partial charge in [0.25, 0.3) is 0 Å². The van der Waals surface area contributed by atoms with Gasteiger partial charge in [0.15, 0.2) is 5.38 Å². The SMILES string of the molecule is COC(=O)[C@H](Cl)[C@@H](C)F. The van der Waals surface area contributed by atoms with Gasteiger partial charge in [0.2, 0.25) is 0 Å². The van der Waals surface area contributed by atoms with Crippen LogP contribution in [0.2, 0.25) is 0 Å². The fourth-order valence-electron chi connectivity index (χ4n) is 0.300. The third-order valence-electron chi connectivity index (χ3n) is 0.830. The van der Waals surface area contributed by atoms with Gasteiger partial charge < -0.3 is 4.74 Å². The van der Waals surface area contributed by atoms with Gasteiger partial charge in [0, 0.05) is 0 Å². The van der Waals surface area contributed by atoms with Crippen molar-refractivity contribution in [3.05, 3.63) is 0 Å². The molecule has 0 spiro atoms. The highest BCUT2D eigenvalue weighted by Crippen LogP contribution is 2.07. The summed E-state index contributed by atoms with van der Waals surface area (Å²) in [6, 6.07) is 0. The molecule has 0 saturated carbocycles. The van der Waals surface area contributed by atoms with Gasteiger partial charge in [-0.15, -0.1) is 11.6 Å². The molecule has 0 radical (unpaired) electrons. The number of methoxy groups -OCH3 is 1. The number of carbonyl (C=O) groups excluding carboxylic acids is 1. The van der Waals surface area contributed by atoms with Crippen LogP contribution in [0.15, 0.2) is 0 Å². The maximum Gasteiger partial charge on any atom is 0.326 e. The number of rotatable bonds is 2. The lowest BCUT2D eigenvalue weighted by atomic mass is 10.3. The van der Waals surface area contributed by atoms with E-state index in [1.54, 1.807) is 0 Å². The van der Waals surface area contributed by atoms with Gasteiger partial charge in [0.05, 0.1) is 7.11 Å². The van der Waals surface area contributed by atoms with Gasteiger partial charge in [-0.25, -0.2) is 4.39 Å². The van der Waals surface area contributed by atoms with Gasteiger partial charge in [-0.1, -0.05) is 0 Å². The van der Waals surface area contributed by atoms with Crippen molar-refractivity contribution < 1.29 is 13.9 Å². The highest BCUT2D eigenvalue weighted by atomic mass is 35.5. The molecule has 0 fully saturated rings.